The van der Waals surface area contributed by atoms with E-state index in [1.165, 1.54) is 18.0 Å². The molecule has 0 bridgehead atoms. The molecule has 1 fully saturated rings. The molecule has 0 aliphatic carbocycles. The summed E-state index contributed by atoms with van der Waals surface area (Å²) in [5.74, 6) is 0.666. The van der Waals surface area contributed by atoms with Gasteiger partial charge in [0.15, 0.2) is 23.3 Å². The molecule has 1 aromatic carbocycles. The second kappa shape index (κ2) is 10.2. The smallest absolute Gasteiger partial charge is 0.344 e. The van der Waals surface area contributed by atoms with Gasteiger partial charge in [-0.05, 0) is 47.5 Å². The first-order valence-electron chi connectivity index (χ1n) is 7.81. The second-order valence-electron chi connectivity index (χ2n) is 4.84. The van der Waals surface area contributed by atoms with Crippen molar-refractivity contribution in [3.05, 3.63) is 22.2 Å². The summed E-state index contributed by atoms with van der Waals surface area (Å²) in [4.78, 5) is 22.6. The van der Waals surface area contributed by atoms with Gasteiger partial charge >= 0.3 is 5.97 Å². The predicted octanol–water partition coefficient (Wildman–Crippen LogP) is 2.34. The molecule has 1 heterocycles. The summed E-state index contributed by atoms with van der Waals surface area (Å²) in [5, 5.41) is 11.0. The van der Waals surface area contributed by atoms with Crippen molar-refractivity contribution in [2.24, 2.45) is 10.2 Å². The summed E-state index contributed by atoms with van der Waals surface area (Å²) < 4.78 is 16.5. The van der Waals surface area contributed by atoms with Crippen LogP contribution >= 0.6 is 27.7 Å². The SMILES string of the molecule is CCOC(=O)COc1c(Br)cc(C=NN=C2NC(=O)CS2)cc1OCC. The Morgan fingerprint density at radius 3 is 2.81 bits per heavy atom. The summed E-state index contributed by atoms with van der Waals surface area (Å²) in [5.41, 5.74) is 0.711. The maximum Gasteiger partial charge on any atom is 0.344 e. The third-order valence-corrected chi connectivity index (χ3v) is 4.37. The number of rotatable bonds is 8. The quantitative estimate of drug-likeness (QED) is 0.376. The number of thioether (sulfide) groups is 1. The minimum Gasteiger partial charge on any atom is -0.490 e. The number of ether oxygens (including phenoxy) is 3. The van der Waals surface area contributed by atoms with Gasteiger partial charge in [-0.2, -0.15) is 5.10 Å². The summed E-state index contributed by atoms with van der Waals surface area (Å²) in [7, 11) is 0. The molecule has 1 aliphatic heterocycles. The Labute approximate surface area is 163 Å². The first-order chi connectivity index (χ1) is 12.5. The fourth-order valence-corrected chi connectivity index (χ4v) is 3.13. The standard InChI is InChI=1S/C16H18BrN3O5S/c1-3-23-12-6-10(7-18-20-16-19-13(21)9-26-16)5-11(17)15(12)25-8-14(22)24-4-2/h5-7H,3-4,8-9H2,1-2H3,(H,19,20,21). The van der Waals surface area contributed by atoms with Crippen LogP contribution in [0.5, 0.6) is 11.5 Å². The van der Waals surface area contributed by atoms with Crippen LogP contribution in [0.3, 0.4) is 0 Å². The Balaban J connectivity index is 2.13. The molecule has 2 rings (SSSR count). The highest BCUT2D eigenvalue weighted by Crippen LogP contribution is 2.36. The summed E-state index contributed by atoms with van der Waals surface area (Å²) >= 11 is 4.70. The van der Waals surface area contributed by atoms with Crippen molar-refractivity contribution in [3.8, 4) is 11.5 Å². The van der Waals surface area contributed by atoms with E-state index < -0.39 is 5.97 Å². The zero-order valence-electron chi connectivity index (χ0n) is 14.3. The van der Waals surface area contributed by atoms with Crippen molar-refractivity contribution in [2.75, 3.05) is 25.6 Å². The van der Waals surface area contributed by atoms with Crippen LogP contribution in [0.15, 0.2) is 26.8 Å². The highest BCUT2D eigenvalue weighted by Gasteiger charge is 2.16. The van der Waals surface area contributed by atoms with Gasteiger partial charge in [0.05, 0.1) is 29.7 Å². The second-order valence-corrected chi connectivity index (χ2v) is 6.66. The number of carbonyl (C=O) groups excluding carboxylic acids is 2. The van der Waals surface area contributed by atoms with Gasteiger partial charge in [0.1, 0.15) is 0 Å². The Morgan fingerprint density at radius 2 is 2.15 bits per heavy atom. The third kappa shape index (κ3) is 6.03. The maximum atomic E-state index is 11.5. The van der Waals surface area contributed by atoms with E-state index in [4.69, 9.17) is 14.2 Å². The zero-order valence-corrected chi connectivity index (χ0v) is 16.7. The van der Waals surface area contributed by atoms with Crippen molar-refractivity contribution in [1.82, 2.24) is 5.32 Å². The van der Waals surface area contributed by atoms with Crippen LogP contribution in [-0.2, 0) is 14.3 Å². The zero-order chi connectivity index (χ0) is 18.9. The van der Waals surface area contributed by atoms with Gasteiger partial charge in [-0.1, -0.05) is 11.8 Å². The van der Waals surface area contributed by atoms with E-state index >= 15 is 0 Å². The lowest BCUT2D eigenvalue weighted by Gasteiger charge is -2.14. The van der Waals surface area contributed by atoms with Crippen LogP contribution in [0.1, 0.15) is 19.4 Å². The molecule has 0 aromatic heterocycles. The molecule has 0 spiro atoms. The minimum atomic E-state index is -0.459. The van der Waals surface area contributed by atoms with Crippen LogP contribution < -0.4 is 14.8 Å². The van der Waals surface area contributed by atoms with Crippen LogP contribution in [0.4, 0.5) is 0 Å². The molecule has 8 nitrogen and oxygen atoms in total. The topological polar surface area (TPSA) is 98.6 Å². The lowest BCUT2D eigenvalue weighted by Crippen LogP contribution is -2.19. The monoisotopic (exact) mass is 443 g/mol. The van der Waals surface area contributed by atoms with E-state index in [1.54, 1.807) is 19.1 Å². The van der Waals surface area contributed by atoms with Gasteiger partial charge in [0.2, 0.25) is 5.91 Å². The number of carbonyl (C=O) groups is 2. The maximum absolute atomic E-state index is 11.5. The Kier molecular flexibility index (Phi) is 7.92. The number of esters is 1. The van der Waals surface area contributed by atoms with Gasteiger partial charge < -0.3 is 19.5 Å². The van der Waals surface area contributed by atoms with Crippen molar-refractivity contribution in [1.29, 1.82) is 0 Å². The lowest BCUT2D eigenvalue weighted by molar-refractivity contribution is -0.145. The molecule has 0 unspecified atom stereocenters. The molecular formula is C16H18BrN3O5S. The highest BCUT2D eigenvalue weighted by atomic mass is 79.9. The molecule has 1 aromatic rings. The number of halogens is 1. The summed E-state index contributed by atoms with van der Waals surface area (Å²) in [6.45, 7) is 4.07. The molecule has 1 amide bonds. The van der Waals surface area contributed by atoms with Crippen molar-refractivity contribution >= 4 is 51.0 Å². The first kappa shape index (κ1) is 20.2. The van der Waals surface area contributed by atoms with Crippen molar-refractivity contribution in [3.63, 3.8) is 0 Å². The first-order valence-corrected chi connectivity index (χ1v) is 9.59. The van der Waals surface area contributed by atoms with Crippen molar-refractivity contribution in [2.45, 2.75) is 13.8 Å². The molecule has 140 valence electrons. The lowest BCUT2D eigenvalue weighted by atomic mass is 10.2. The number of nitrogens with one attached hydrogen (secondary N) is 1. The minimum absolute atomic E-state index is 0.0894. The fourth-order valence-electron chi connectivity index (χ4n) is 1.93. The van der Waals surface area contributed by atoms with E-state index in [9.17, 15) is 9.59 Å². The van der Waals surface area contributed by atoms with E-state index in [1.807, 2.05) is 6.92 Å². The molecule has 10 heteroatoms. The largest absolute Gasteiger partial charge is 0.490 e. The number of amides is 1. The molecule has 1 saturated heterocycles. The fraction of sp³-hybridized carbons (Fsp3) is 0.375. The van der Waals surface area contributed by atoms with Gasteiger partial charge in [-0.3, -0.25) is 4.79 Å². The number of nitrogens with zero attached hydrogens (tertiary/aromatic N) is 2. The van der Waals surface area contributed by atoms with E-state index in [0.29, 0.717) is 45.7 Å². The molecule has 1 N–H and O–H groups in total. The number of amidine groups is 1. The average Bonchev–Trinajstić information content (AvgIpc) is 3.00. The molecule has 0 radical (unpaired) electrons. The summed E-state index contributed by atoms with van der Waals surface area (Å²) in [6, 6.07) is 3.48. The molecule has 0 saturated carbocycles. The van der Waals surface area contributed by atoms with Crippen LogP contribution in [0, 0.1) is 0 Å². The molecular weight excluding hydrogens is 426 g/mol. The average molecular weight is 444 g/mol. The Morgan fingerprint density at radius 1 is 1.35 bits per heavy atom. The van der Waals surface area contributed by atoms with E-state index in [-0.39, 0.29) is 12.5 Å². The van der Waals surface area contributed by atoms with Crippen molar-refractivity contribution < 1.29 is 23.8 Å². The van der Waals surface area contributed by atoms with Crippen LogP contribution in [0.2, 0.25) is 0 Å². The molecule has 0 atom stereocenters. The van der Waals surface area contributed by atoms with Gasteiger partial charge in [0, 0.05) is 0 Å². The van der Waals surface area contributed by atoms with Gasteiger partial charge in [-0.15, -0.1) is 5.10 Å². The Bertz CT molecular complexity index is 739. The molecule has 26 heavy (non-hydrogen) atoms. The summed E-state index contributed by atoms with van der Waals surface area (Å²) in [6.07, 6.45) is 1.53. The van der Waals surface area contributed by atoms with E-state index in [0.717, 1.165) is 0 Å². The normalized spacial score (nSPS) is 15.3. The number of benzene rings is 1. The van der Waals surface area contributed by atoms with E-state index in [2.05, 4.69) is 31.4 Å². The van der Waals surface area contributed by atoms with Crippen LogP contribution in [0.25, 0.3) is 0 Å². The highest BCUT2D eigenvalue weighted by molar-refractivity contribution is 9.10. The third-order valence-electron chi connectivity index (χ3n) is 2.91. The van der Waals surface area contributed by atoms with Crippen LogP contribution in [-0.4, -0.2) is 48.8 Å². The number of hydrogen-bond donors (Lipinski definition) is 1. The van der Waals surface area contributed by atoms with Gasteiger partial charge in [-0.25, -0.2) is 4.79 Å². The molecule has 1 aliphatic rings. The number of hydrogen-bond acceptors (Lipinski definition) is 8. The Hall–Kier alpha value is -2.07. The predicted molar refractivity (Wildman–Crippen MR) is 103 cm³/mol. The van der Waals surface area contributed by atoms with Gasteiger partial charge in [0.25, 0.3) is 0 Å².